The molecule has 0 radical (unpaired) electrons. The van der Waals surface area contributed by atoms with Gasteiger partial charge < -0.3 is 14.2 Å². The largest absolute Gasteiger partial charge is 0.462 e. The van der Waals surface area contributed by atoms with Crippen LogP contribution in [0.5, 0.6) is 0 Å². The van der Waals surface area contributed by atoms with E-state index in [-0.39, 0.29) is 31.1 Å². The van der Waals surface area contributed by atoms with Gasteiger partial charge in [-0.3, -0.25) is 14.4 Å². The van der Waals surface area contributed by atoms with E-state index >= 15 is 0 Å². The number of ether oxygens (including phenoxy) is 3. The van der Waals surface area contributed by atoms with Gasteiger partial charge in [0.15, 0.2) is 6.10 Å². The van der Waals surface area contributed by atoms with E-state index in [1.54, 1.807) is 0 Å². The maximum atomic E-state index is 12.8. The summed E-state index contributed by atoms with van der Waals surface area (Å²) in [5, 5.41) is 0. The zero-order valence-electron chi connectivity index (χ0n) is 39.4. The minimum absolute atomic E-state index is 0.0994. The van der Waals surface area contributed by atoms with Crippen LogP contribution in [0.15, 0.2) is 97.2 Å². The summed E-state index contributed by atoms with van der Waals surface area (Å²) < 4.78 is 16.7. The molecule has 0 spiro atoms. The lowest BCUT2D eigenvalue weighted by Gasteiger charge is -2.18. The summed E-state index contributed by atoms with van der Waals surface area (Å²) in [5.41, 5.74) is 0. The first-order valence-corrected chi connectivity index (χ1v) is 24.8. The second-order valence-electron chi connectivity index (χ2n) is 16.1. The Balaban J connectivity index is 4.50. The molecule has 0 saturated heterocycles. The van der Waals surface area contributed by atoms with E-state index in [0.717, 1.165) is 83.5 Å². The molecule has 61 heavy (non-hydrogen) atoms. The molecule has 0 saturated carbocycles. The molecule has 6 nitrogen and oxygen atoms in total. The van der Waals surface area contributed by atoms with Crippen molar-refractivity contribution in [3.05, 3.63) is 97.2 Å². The normalized spacial score (nSPS) is 12.9. The maximum Gasteiger partial charge on any atom is 0.306 e. The average molecular weight is 847 g/mol. The lowest BCUT2D eigenvalue weighted by Crippen LogP contribution is -2.30. The molecule has 0 aliphatic carbocycles. The third-order valence-corrected chi connectivity index (χ3v) is 10.2. The molecule has 0 aromatic heterocycles. The van der Waals surface area contributed by atoms with E-state index in [2.05, 4.69) is 57.2 Å². The van der Waals surface area contributed by atoms with Gasteiger partial charge in [0.25, 0.3) is 0 Å². The predicted molar refractivity (Wildman–Crippen MR) is 260 cm³/mol. The van der Waals surface area contributed by atoms with Gasteiger partial charge in [0.1, 0.15) is 13.2 Å². The molecule has 1 unspecified atom stereocenters. The third kappa shape index (κ3) is 47.2. The van der Waals surface area contributed by atoms with Crippen molar-refractivity contribution >= 4 is 17.9 Å². The summed E-state index contributed by atoms with van der Waals surface area (Å²) in [7, 11) is 0. The maximum absolute atomic E-state index is 12.8. The van der Waals surface area contributed by atoms with Crippen LogP contribution in [0, 0.1) is 0 Å². The Morgan fingerprint density at radius 3 is 1.11 bits per heavy atom. The molecular formula is C55H90O6. The number of carbonyl (C=O) groups is 3. The van der Waals surface area contributed by atoms with Gasteiger partial charge in [-0.05, 0) is 83.5 Å². The lowest BCUT2D eigenvalue weighted by molar-refractivity contribution is -0.167. The molecule has 0 aromatic carbocycles. The van der Waals surface area contributed by atoms with Gasteiger partial charge >= 0.3 is 17.9 Å². The molecule has 0 heterocycles. The highest BCUT2D eigenvalue weighted by atomic mass is 16.6. The first-order chi connectivity index (χ1) is 30.0. The highest BCUT2D eigenvalue weighted by molar-refractivity contribution is 5.71. The van der Waals surface area contributed by atoms with Gasteiger partial charge in [0, 0.05) is 19.3 Å². The fourth-order valence-electron chi connectivity index (χ4n) is 6.45. The van der Waals surface area contributed by atoms with Crippen LogP contribution in [0.1, 0.15) is 213 Å². The molecule has 1 atom stereocenters. The Morgan fingerprint density at radius 2 is 0.672 bits per heavy atom. The van der Waals surface area contributed by atoms with Crippen LogP contribution in [-0.2, 0) is 28.6 Å². The zero-order valence-corrected chi connectivity index (χ0v) is 39.4. The quantitative estimate of drug-likeness (QED) is 0.0200. The molecule has 0 bridgehead atoms. The van der Waals surface area contributed by atoms with E-state index in [4.69, 9.17) is 14.2 Å². The Morgan fingerprint density at radius 1 is 0.344 bits per heavy atom. The van der Waals surface area contributed by atoms with Crippen molar-refractivity contribution in [3.8, 4) is 0 Å². The van der Waals surface area contributed by atoms with E-state index < -0.39 is 6.10 Å². The molecule has 0 aliphatic rings. The SMILES string of the molecule is CC\C=C/C=C\C=C/C=C\C=C\C=C/CCCCCC(=O)OCC(COC(=O)CCCCCCC/C=C\CCCC)OC(=O)CCCCCCCCC/C=C\CCCCCC. The van der Waals surface area contributed by atoms with Crippen molar-refractivity contribution < 1.29 is 28.6 Å². The van der Waals surface area contributed by atoms with Crippen LogP contribution in [0.4, 0.5) is 0 Å². The summed E-state index contributed by atoms with van der Waals surface area (Å²) in [5.74, 6) is -0.963. The van der Waals surface area contributed by atoms with Gasteiger partial charge in [-0.15, -0.1) is 0 Å². The molecule has 0 fully saturated rings. The van der Waals surface area contributed by atoms with E-state index in [1.165, 1.54) is 89.9 Å². The minimum Gasteiger partial charge on any atom is -0.462 e. The van der Waals surface area contributed by atoms with Crippen LogP contribution >= 0.6 is 0 Å². The van der Waals surface area contributed by atoms with E-state index in [1.807, 2.05) is 60.8 Å². The van der Waals surface area contributed by atoms with Gasteiger partial charge in [-0.1, -0.05) is 208 Å². The summed E-state index contributed by atoms with van der Waals surface area (Å²) in [6.45, 7) is 6.38. The Kier molecular flexibility index (Phi) is 46.0. The molecule has 346 valence electrons. The summed E-state index contributed by atoms with van der Waals surface area (Å²) in [4.78, 5) is 37.9. The fraction of sp³-hybridized carbons (Fsp3) is 0.655. The summed E-state index contributed by atoms with van der Waals surface area (Å²) >= 11 is 0. The van der Waals surface area contributed by atoms with Crippen LogP contribution in [-0.4, -0.2) is 37.2 Å². The van der Waals surface area contributed by atoms with Gasteiger partial charge in [-0.25, -0.2) is 0 Å². The number of esters is 3. The monoisotopic (exact) mass is 847 g/mol. The van der Waals surface area contributed by atoms with Gasteiger partial charge in [-0.2, -0.15) is 0 Å². The summed E-state index contributed by atoms with van der Waals surface area (Å²) in [6.07, 6.45) is 63.8. The zero-order chi connectivity index (χ0) is 44.4. The number of unbranched alkanes of at least 4 members (excludes halogenated alkanes) is 21. The van der Waals surface area contributed by atoms with Crippen molar-refractivity contribution in [1.82, 2.24) is 0 Å². The fourth-order valence-corrected chi connectivity index (χ4v) is 6.45. The van der Waals surface area contributed by atoms with Gasteiger partial charge in [0.2, 0.25) is 0 Å². The Hall–Kier alpha value is -3.67. The highest BCUT2D eigenvalue weighted by Gasteiger charge is 2.19. The number of rotatable bonds is 43. The van der Waals surface area contributed by atoms with E-state index in [9.17, 15) is 14.4 Å². The van der Waals surface area contributed by atoms with Crippen molar-refractivity contribution in [2.75, 3.05) is 13.2 Å². The third-order valence-electron chi connectivity index (χ3n) is 10.2. The van der Waals surface area contributed by atoms with Crippen molar-refractivity contribution in [2.45, 2.75) is 219 Å². The standard InChI is InChI=1S/C55H90O6/c1-4-7-10-13-16-19-22-24-26-27-29-30-33-36-39-42-45-48-54(57)60-51-52(50-59-53(56)47-44-41-38-35-32-21-18-15-12-9-6-3)61-55(58)49-46-43-40-37-34-31-28-25-23-20-17-14-11-8-5-2/h7,10,13,15-16,18-20,22-24,26-27,29-30,33,52H,4-6,8-9,11-12,14,17,21,25,28,31-32,34-51H2,1-3H3/b10-7-,16-13-,18-15-,22-19-,23-20-,26-24-,29-27+,33-30-. The number of hydrogen-bond acceptors (Lipinski definition) is 6. The first kappa shape index (κ1) is 57.3. The van der Waals surface area contributed by atoms with Crippen LogP contribution in [0.2, 0.25) is 0 Å². The van der Waals surface area contributed by atoms with Crippen LogP contribution < -0.4 is 0 Å². The highest BCUT2D eigenvalue weighted by Crippen LogP contribution is 2.13. The van der Waals surface area contributed by atoms with Gasteiger partial charge in [0.05, 0.1) is 0 Å². The molecule has 0 aliphatic heterocycles. The predicted octanol–water partition coefficient (Wildman–Crippen LogP) is 16.2. The Bertz CT molecular complexity index is 1250. The topological polar surface area (TPSA) is 78.9 Å². The molecule has 6 heteroatoms. The molecule has 0 rings (SSSR count). The number of allylic oxidation sites excluding steroid dienone is 16. The Labute approximate surface area is 375 Å². The van der Waals surface area contributed by atoms with Crippen LogP contribution in [0.25, 0.3) is 0 Å². The number of carbonyl (C=O) groups excluding carboxylic acids is 3. The molecule has 0 N–H and O–H groups in total. The second-order valence-corrected chi connectivity index (χ2v) is 16.1. The van der Waals surface area contributed by atoms with Crippen LogP contribution in [0.3, 0.4) is 0 Å². The minimum atomic E-state index is -0.801. The second kappa shape index (κ2) is 49.0. The van der Waals surface area contributed by atoms with E-state index in [0.29, 0.717) is 19.3 Å². The smallest absolute Gasteiger partial charge is 0.306 e. The van der Waals surface area contributed by atoms with Crippen molar-refractivity contribution in [3.63, 3.8) is 0 Å². The molecule has 0 amide bonds. The summed E-state index contributed by atoms with van der Waals surface area (Å²) in [6, 6.07) is 0. The van der Waals surface area contributed by atoms with Crippen molar-refractivity contribution in [1.29, 1.82) is 0 Å². The average Bonchev–Trinajstić information content (AvgIpc) is 3.26. The lowest BCUT2D eigenvalue weighted by atomic mass is 10.1. The molecule has 0 aromatic rings. The first-order valence-electron chi connectivity index (χ1n) is 24.8. The number of hydrogen-bond donors (Lipinski definition) is 0. The molecular weight excluding hydrogens is 757 g/mol. The van der Waals surface area contributed by atoms with Crippen molar-refractivity contribution in [2.24, 2.45) is 0 Å².